The first-order valence-electron chi connectivity index (χ1n) is 13.2. The van der Waals surface area contributed by atoms with E-state index in [1.165, 1.54) is 4.90 Å². The highest BCUT2D eigenvalue weighted by Crippen LogP contribution is 2.34. The van der Waals surface area contributed by atoms with Gasteiger partial charge in [0.2, 0.25) is 5.91 Å². The van der Waals surface area contributed by atoms with Crippen LogP contribution in [0.3, 0.4) is 0 Å². The number of nitrogens with zero attached hydrogens (tertiary/aromatic N) is 2. The number of hydrogen-bond donors (Lipinski definition) is 1. The lowest BCUT2D eigenvalue weighted by molar-refractivity contribution is -0.152. The molecule has 0 spiro atoms. The molecule has 1 aliphatic carbocycles. The zero-order valence-corrected chi connectivity index (χ0v) is 23.3. The molecule has 9 heteroatoms. The van der Waals surface area contributed by atoms with E-state index in [0.29, 0.717) is 15.8 Å². The summed E-state index contributed by atoms with van der Waals surface area (Å²) in [7, 11) is 0. The van der Waals surface area contributed by atoms with Gasteiger partial charge in [-0.2, -0.15) is 0 Å². The summed E-state index contributed by atoms with van der Waals surface area (Å²) in [6.45, 7) is 0.114. The van der Waals surface area contributed by atoms with Gasteiger partial charge in [-0.3, -0.25) is 14.4 Å². The minimum Gasteiger partial charge on any atom is -0.391 e. The Kier molecular flexibility index (Phi) is 8.52. The molecule has 1 saturated heterocycles. The van der Waals surface area contributed by atoms with Crippen molar-refractivity contribution < 1.29 is 19.2 Å². The molecule has 3 aromatic carbocycles. The number of amides is 2. The van der Waals surface area contributed by atoms with Crippen LogP contribution >= 0.6 is 23.2 Å². The highest BCUT2D eigenvalue weighted by atomic mass is 35.5. The van der Waals surface area contributed by atoms with Crippen molar-refractivity contribution in [3.8, 4) is 0 Å². The lowest BCUT2D eigenvalue weighted by Crippen LogP contribution is -2.63. The number of halogens is 2. The van der Waals surface area contributed by atoms with Gasteiger partial charge in [-0.15, -0.1) is 0 Å². The number of rotatable bonds is 10. The molecule has 1 aliphatic heterocycles. The van der Waals surface area contributed by atoms with Crippen LogP contribution in [-0.2, 0) is 38.7 Å². The molecule has 1 heterocycles. The van der Waals surface area contributed by atoms with Crippen molar-refractivity contribution in [1.29, 1.82) is 0 Å². The van der Waals surface area contributed by atoms with Gasteiger partial charge in [-0.05, 0) is 41.7 Å². The molecule has 3 aromatic rings. The summed E-state index contributed by atoms with van der Waals surface area (Å²) in [6.07, 6.45) is 1.71. The number of benzene rings is 3. The SMILES string of the molecule is O=C(Cc1ccccc1)N1C/C(=N/OCc2ccc(Cl)c(Cl)c2)C[C@]1(C(=O)Cc1ccccc1)C(=O)NC1CC1. The molecule has 1 atom stereocenters. The van der Waals surface area contributed by atoms with Crippen LogP contribution in [0.4, 0.5) is 0 Å². The third kappa shape index (κ3) is 6.37. The van der Waals surface area contributed by atoms with Crippen molar-refractivity contribution in [2.75, 3.05) is 6.54 Å². The van der Waals surface area contributed by atoms with Gasteiger partial charge in [0, 0.05) is 18.9 Å². The number of oxime groups is 1. The van der Waals surface area contributed by atoms with E-state index in [2.05, 4.69) is 10.5 Å². The van der Waals surface area contributed by atoms with E-state index in [-0.39, 0.29) is 50.1 Å². The topological polar surface area (TPSA) is 88.1 Å². The molecule has 7 nitrogen and oxygen atoms in total. The second-order valence-corrected chi connectivity index (χ2v) is 11.0. The maximum absolute atomic E-state index is 14.1. The van der Waals surface area contributed by atoms with Crippen molar-refractivity contribution in [1.82, 2.24) is 10.2 Å². The first-order chi connectivity index (χ1) is 19.3. The summed E-state index contributed by atoms with van der Waals surface area (Å²) in [5.41, 5.74) is 1.03. The number of hydrogen-bond acceptors (Lipinski definition) is 5. The average molecular weight is 578 g/mol. The summed E-state index contributed by atoms with van der Waals surface area (Å²) < 4.78 is 0. The molecule has 0 bridgehead atoms. The van der Waals surface area contributed by atoms with E-state index in [9.17, 15) is 14.4 Å². The smallest absolute Gasteiger partial charge is 0.254 e. The molecular weight excluding hydrogens is 549 g/mol. The largest absolute Gasteiger partial charge is 0.391 e. The van der Waals surface area contributed by atoms with E-state index in [4.69, 9.17) is 28.0 Å². The van der Waals surface area contributed by atoms with Crippen LogP contribution in [0.1, 0.15) is 36.0 Å². The molecular formula is C31H29Cl2N3O4. The van der Waals surface area contributed by atoms with Crippen LogP contribution in [0, 0.1) is 0 Å². The fourth-order valence-corrected chi connectivity index (χ4v) is 5.18. The number of Topliss-reactive ketones (excluding diaryl/α,β-unsaturated/α-hetero) is 1. The van der Waals surface area contributed by atoms with Crippen LogP contribution in [0.5, 0.6) is 0 Å². The Morgan fingerprint density at radius 1 is 0.875 bits per heavy atom. The third-order valence-electron chi connectivity index (χ3n) is 7.13. The Balaban J connectivity index is 1.45. The van der Waals surface area contributed by atoms with Gasteiger partial charge in [0.15, 0.2) is 11.3 Å². The van der Waals surface area contributed by atoms with Crippen molar-refractivity contribution in [3.05, 3.63) is 106 Å². The Labute approximate surface area is 243 Å². The number of ketones is 1. The maximum atomic E-state index is 14.1. The van der Waals surface area contributed by atoms with Gasteiger partial charge < -0.3 is 15.1 Å². The van der Waals surface area contributed by atoms with Gasteiger partial charge >= 0.3 is 0 Å². The highest BCUT2D eigenvalue weighted by Gasteiger charge is 2.57. The molecule has 40 heavy (non-hydrogen) atoms. The normalized spacial score (nSPS) is 19.4. The third-order valence-corrected chi connectivity index (χ3v) is 7.87. The minimum absolute atomic E-state index is 0.00541. The van der Waals surface area contributed by atoms with Crippen LogP contribution in [0.15, 0.2) is 84.0 Å². The van der Waals surface area contributed by atoms with Crippen molar-refractivity contribution in [3.63, 3.8) is 0 Å². The number of carbonyl (C=O) groups excluding carboxylic acids is 3. The summed E-state index contributed by atoms with van der Waals surface area (Å²) in [5.74, 6) is -1.15. The minimum atomic E-state index is -1.73. The molecule has 1 saturated carbocycles. The summed E-state index contributed by atoms with van der Waals surface area (Å²) in [5, 5.41) is 8.11. The molecule has 2 fully saturated rings. The predicted octanol–water partition coefficient (Wildman–Crippen LogP) is 5.17. The highest BCUT2D eigenvalue weighted by molar-refractivity contribution is 6.42. The number of nitrogens with one attached hydrogen (secondary N) is 1. The van der Waals surface area contributed by atoms with E-state index < -0.39 is 11.4 Å². The van der Waals surface area contributed by atoms with Gasteiger partial charge in [0.25, 0.3) is 5.91 Å². The quantitative estimate of drug-likeness (QED) is 0.266. The molecule has 0 radical (unpaired) electrons. The van der Waals surface area contributed by atoms with Gasteiger partial charge in [-0.25, -0.2) is 0 Å². The van der Waals surface area contributed by atoms with Gasteiger partial charge in [-0.1, -0.05) is 95.1 Å². The van der Waals surface area contributed by atoms with Gasteiger partial charge in [0.1, 0.15) is 6.61 Å². The first-order valence-corrected chi connectivity index (χ1v) is 13.9. The van der Waals surface area contributed by atoms with E-state index in [1.807, 2.05) is 60.7 Å². The Bertz CT molecular complexity index is 1430. The van der Waals surface area contributed by atoms with E-state index in [1.54, 1.807) is 18.2 Å². The first kappa shape index (κ1) is 27.9. The van der Waals surface area contributed by atoms with Crippen LogP contribution in [0.2, 0.25) is 10.0 Å². The monoisotopic (exact) mass is 577 g/mol. The van der Waals surface area contributed by atoms with Gasteiger partial charge in [0.05, 0.1) is 28.7 Å². The zero-order chi connectivity index (χ0) is 28.1. The molecule has 2 aliphatic rings. The second-order valence-electron chi connectivity index (χ2n) is 10.2. The summed E-state index contributed by atoms with van der Waals surface area (Å²) in [4.78, 5) is 48.7. The second kappa shape index (κ2) is 12.2. The molecule has 0 aromatic heterocycles. The number of carbonyl (C=O) groups is 3. The van der Waals surface area contributed by atoms with Crippen molar-refractivity contribution in [2.24, 2.45) is 5.16 Å². The standard InChI is InChI=1S/C31H29Cl2N3O4/c32-26-14-11-23(15-27(26)33)20-40-35-25-18-31(30(39)34-24-12-13-24,28(37)16-21-7-3-1-4-8-21)36(19-25)29(38)17-22-9-5-2-6-10-22/h1-11,14-15,24H,12-13,16-20H2,(H,34,39)/b35-25+/t31-/m0/s1. The Morgan fingerprint density at radius 3 is 2.15 bits per heavy atom. The maximum Gasteiger partial charge on any atom is 0.254 e. The average Bonchev–Trinajstić information content (AvgIpc) is 3.68. The lowest BCUT2D eigenvalue weighted by atomic mass is 9.85. The van der Waals surface area contributed by atoms with Crippen LogP contribution in [-0.4, -0.2) is 46.3 Å². The van der Waals surface area contributed by atoms with E-state index >= 15 is 0 Å². The molecule has 1 N–H and O–H groups in total. The fourth-order valence-electron chi connectivity index (χ4n) is 4.86. The molecule has 0 unspecified atom stereocenters. The predicted molar refractivity (Wildman–Crippen MR) is 154 cm³/mol. The molecule has 2 amide bonds. The molecule has 206 valence electrons. The Hall–Kier alpha value is -3.68. The van der Waals surface area contributed by atoms with Crippen LogP contribution in [0.25, 0.3) is 0 Å². The Morgan fingerprint density at radius 2 is 1.52 bits per heavy atom. The van der Waals surface area contributed by atoms with Crippen LogP contribution < -0.4 is 5.32 Å². The zero-order valence-electron chi connectivity index (χ0n) is 21.8. The fraction of sp³-hybridized carbons (Fsp3) is 0.290. The van der Waals surface area contributed by atoms with E-state index in [0.717, 1.165) is 29.5 Å². The van der Waals surface area contributed by atoms with Crippen molar-refractivity contribution in [2.45, 2.75) is 50.3 Å². The summed E-state index contributed by atoms with van der Waals surface area (Å²) in [6, 6.07) is 23.6. The summed E-state index contributed by atoms with van der Waals surface area (Å²) >= 11 is 12.1. The number of likely N-dealkylation sites (tertiary alicyclic amines) is 1. The molecule has 5 rings (SSSR count). The van der Waals surface area contributed by atoms with Crippen molar-refractivity contribution >= 4 is 46.5 Å². The lowest BCUT2D eigenvalue weighted by Gasteiger charge is -2.35.